The second kappa shape index (κ2) is 4.19. The van der Waals surface area contributed by atoms with Gasteiger partial charge in [0, 0.05) is 13.0 Å². The zero-order chi connectivity index (χ0) is 15.7. The summed E-state index contributed by atoms with van der Waals surface area (Å²) in [5.74, 6) is -4.81. The maximum Gasteiger partial charge on any atom is 0.423 e. The monoisotopic (exact) mass is 312 g/mol. The van der Waals surface area contributed by atoms with Crippen molar-refractivity contribution >= 4 is 0 Å². The number of halogens is 5. The summed E-state index contributed by atoms with van der Waals surface area (Å²) >= 11 is 0. The summed E-state index contributed by atoms with van der Waals surface area (Å²) in [6.07, 6.45) is -0.277. The van der Waals surface area contributed by atoms with E-state index in [2.05, 4.69) is 4.74 Å². The Hall–Kier alpha value is -0.690. The molecule has 1 saturated carbocycles. The highest BCUT2D eigenvalue weighted by Gasteiger charge is 2.82. The lowest BCUT2D eigenvalue weighted by Gasteiger charge is -2.43. The van der Waals surface area contributed by atoms with Crippen LogP contribution >= 0.6 is 0 Å². The topological polar surface area (TPSA) is 18.5 Å². The van der Waals surface area contributed by atoms with Crippen LogP contribution in [0.5, 0.6) is 0 Å². The van der Waals surface area contributed by atoms with E-state index < -0.39 is 35.8 Å². The number of ether oxygens (including phenoxy) is 2. The van der Waals surface area contributed by atoms with E-state index in [1.807, 2.05) is 12.2 Å². The van der Waals surface area contributed by atoms with Gasteiger partial charge in [0.2, 0.25) is 5.60 Å². The predicted octanol–water partition coefficient (Wildman–Crippen LogP) is 3.57. The molecule has 0 aromatic carbocycles. The van der Waals surface area contributed by atoms with E-state index >= 15 is 0 Å². The van der Waals surface area contributed by atoms with Crippen LogP contribution in [0.1, 0.15) is 19.8 Å². The van der Waals surface area contributed by atoms with Gasteiger partial charge in [0.15, 0.2) is 5.60 Å². The highest BCUT2D eigenvalue weighted by atomic mass is 19.4. The van der Waals surface area contributed by atoms with Gasteiger partial charge in [-0.25, -0.2) is 0 Å². The van der Waals surface area contributed by atoms with Crippen LogP contribution in [0.4, 0.5) is 22.0 Å². The normalized spacial score (nSPS) is 48.2. The van der Waals surface area contributed by atoms with Crippen molar-refractivity contribution in [2.24, 2.45) is 17.8 Å². The summed E-state index contributed by atoms with van der Waals surface area (Å²) in [7, 11) is 1.05. The van der Waals surface area contributed by atoms with Crippen LogP contribution in [0.3, 0.4) is 0 Å². The zero-order valence-electron chi connectivity index (χ0n) is 11.7. The lowest BCUT2D eigenvalue weighted by molar-refractivity contribution is -0.326. The molecular formula is C14H17F5O2. The number of rotatable bonds is 2. The first-order chi connectivity index (χ1) is 9.59. The van der Waals surface area contributed by atoms with Crippen molar-refractivity contribution in [3.63, 3.8) is 0 Å². The van der Waals surface area contributed by atoms with Crippen molar-refractivity contribution < 1.29 is 31.4 Å². The summed E-state index contributed by atoms with van der Waals surface area (Å²) in [6, 6.07) is 0. The van der Waals surface area contributed by atoms with E-state index in [0.717, 1.165) is 7.11 Å². The molecule has 2 bridgehead atoms. The van der Waals surface area contributed by atoms with Gasteiger partial charge in [-0.05, 0) is 31.6 Å². The van der Waals surface area contributed by atoms with Crippen LogP contribution in [0.2, 0.25) is 0 Å². The second-order valence-corrected chi connectivity index (χ2v) is 6.37. The zero-order valence-corrected chi connectivity index (χ0v) is 11.7. The molecule has 0 aromatic heterocycles. The van der Waals surface area contributed by atoms with Crippen molar-refractivity contribution in [3.05, 3.63) is 12.2 Å². The summed E-state index contributed by atoms with van der Waals surface area (Å²) in [4.78, 5) is 0. The van der Waals surface area contributed by atoms with Crippen molar-refractivity contribution in [1.82, 2.24) is 0 Å². The van der Waals surface area contributed by atoms with E-state index in [0.29, 0.717) is 19.8 Å². The third-order valence-electron chi connectivity index (χ3n) is 5.49. The highest BCUT2D eigenvalue weighted by Crippen LogP contribution is 2.62. The van der Waals surface area contributed by atoms with Crippen LogP contribution in [0.25, 0.3) is 0 Å². The molecule has 7 heteroatoms. The Balaban J connectivity index is 2.03. The molecule has 0 aromatic rings. The van der Waals surface area contributed by atoms with Gasteiger partial charge in [-0.1, -0.05) is 12.2 Å². The van der Waals surface area contributed by atoms with Crippen molar-refractivity contribution in [2.75, 3.05) is 13.7 Å². The molecule has 0 radical (unpaired) electrons. The summed E-state index contributed by atoms with van der Waals surface area (Å²) in [5.41, 5.74) is -5.73. The van der Waals surface area contributed by atoms with E-state index in [1.165, 1.54) is 0 Å². The molecule has 120 valence electrons. The van der Waals surface area contributed by atoms with E-state index in [9.17, 15) is 22.0 Å². The molecular weight excluding hydrogens is 295 g/mol. The third kappa shape index (κ3) is 1.64. The fourth-order valence-electron chi connectivity index (χ4n) is 4.09. The van der Waals surface area contributed by atoms with Crippen LogP contribution in [-0.4, -0.2) is 37.0 Å². The first kappa shape index (κ1) is 15.2. The average Bonchev–Trinajstić information content (AvgIpc) is 3.04. The molecule has 2 nitrogen and oxygen atoms in total. The predicted molar refractivity (Wildman–Crippen MR) is 63.9 cm³/mol. The molecule has 3 aliphatic rings. The van der Waals surface area contributed by atoms with Crippen LogP contribution in [0.15, 0.2) is 12.2 Å². The number of fused-ring (bicyclic) bond motifs is 2. The lowest BCUT2D eigenvalue weighted by Crippen LogP contribution is -2.65. The molecule has 5 unspecified atom stereocenters. The molecule has 1 saturated heterocycles. The first-order valence-electron chi connectivity index (χ1n) is 6.91. The summed E-state index contributed by atoms with van der Waals surface area (Å²) in [5, 5.41) is 0. The van der Waals surface area contributed by atoms with Gasteiger partial charge in [-0.2, -0.15) is 22.0 Å². The van der Waals surface area contributed by atoms with Gasteiger partial charge in [0.05, 0.1) is 6.61 Å². The largest absolute Gasteiger partial charge is 0.423 e. The van der Waals surface area contributed by atoms with Gasteiger partial charge in [0.1, 0.15) is 0 Å². The van der Waals surface area contributed by atoms with Crippen LogP contribution in [-0.2, 0) is 9.47 Å². The molecule has 21 heavy (non-hydrogen) atoms. The Morgan fingerprint density at radius 2 is 1.86 bits per heavy atom. The minimum Gasteiger partial charge on any atom is -0.369 e. The number of alkyl halides is 5. The second-order valence-electron chi connectivity index (χ2n) is 6.37. The SMILES string of the molecule is COC1(C2CC3C=CC2C3)COC(C)(C(F)(F)F)C1(F)F. The Labute approximate surface area is 119 Å². The minimum absolute atomic E-state index is 0.153. The third-order valence-corrected chi connectivity index (χ3v) is 5.49. The van der Waals surface area contributed by atoms with Gasteiger partial charge in [0.25, 0.3) is 0 Å². The number of methoxy groups -OCH3 is 1. The number of allylic oxidation sites excluding steroid dienone is 2. The number of hydrogen-bond donors (Lipinski definition) is 0. The van der Waals surface area contributed by atoms with Crippen molar-refractivity contribution in [3.8, 4) is 0 Å². The standard InChI is InChI=1S/C14H17F5O2/c1-11(14(17,18)19)13(15,16)12(20-2,7-21-11)10-6-8-3-4-9(10)5-8/h3-4,8-10H,5-7H2,1-2H3. The summed E-state index contributed by atoms with van der Waals surface area (Å²) < 4.78 is 78.6. The highest BCUT2D eigenvalue weighted by molar-refractivity contribution is 5.23. The molecule has 0 N–H and O–H groups in total. The number of hydrogen-bond acceptors (Lipinski definition) is 2. The molecule has 0 spiro atoms. The molecule has 0 amide bonds. The Morgan fingerprint density at radius 3 is 2.24 bits per heavy atom. The van der Waals surface area contributed by atoms with Gasteiger partial charge < -0.3 is 9.47 Å². The lowest BCUT2D eigenvalue weighted by atomic mass is 9.72. The van der Waals surface area contributed by atoms with E-state index in [1.54, 1.807) is 0 Å². The smallest absolute Gasteiger partial charge is 0.369 e. The molecule has 3 rings (SSSR count). The van der Waals surface area contributed by atoms with Crippen LogP contribution < -0.4 is 0 Å². The van der Waals surface area contributed by atoms with E-state index in [-0.39, 0.29) is 11.8 Å². The molecule has 2 fully saturated rings. The minimum atomic E-state index is -5.16. The molecule has 1 aliphatic heterocycles. The molecule has 2 aliphatic carbocycles. The van der Waals surface area contributed by atoms with Gasteiger partial charge in [-0.3, -0.25) is 0 Å². The van der Waals surface area contributed by atoms with Gasteiger partial charge in [-0.15, -0.1) is 0 Å². The maximum absolute atomic E-state index is 14.8. The first-order valence-corrected chi connectivity index (χ1v) is 6.91. The Morgan fingerprint density at radius 1 is 1.19 bits per heavy atom. The van der Waals surface area contributed by atoms with Gasteiger partial charge >= 0.3 is 12.1 Å². The molecule has 5 atom stereocenters. The average molecular weight is 312 g/mol. The fourth-order valence-corrected chi connectivity index (χ4v) is 4.09. The molecule has 1 heterocycles. The Kier molecular flexibility index (Phi) is 3.04. The Bertz CT molecular complexity index is 474. The van der Waals surface area contributed by atoms with Crippen molar-refractivity contribution in [2.45, 2.75) is 43.1 Å². The fraction of sp³-hybridized carbons (Fsp3) is 0.857. The maximum atomic E-state index is 14.8. The van der Waals surface area contributed by atoms with E-state index in [4.69, 9.17) is 4.74 Å². The van der Waals surface area contributed by atoms with Crippen molar-refractivity contribution in [1.29, 1.82) is 0 Å². The quantitative estimate of drug-likeness (QED) is 0.573. The summed E-state index contributed by atoms with van der Waals surface area (Å²) in [6.45, 7) is -0.328. The van der Waals surface area contributed by atoms with Crippen LogP contribution in [0, 0.1) is 17.8 Å².